The molecule has 0 aliphatic rings. The summed E-state index contributed by atoms with van der Waals surface area (Å²) < 4.78 is 18.1. The molecule has 5 heteroatoms. The van der Waals surface area contributed by atoms with E-state index in [4.69, 9.17) is 5.73 Å². The van der Waals surface area contributed by atoms with Crippen molar-refractivity contribution in [2.45, 2.75) is 0 Å². The minimum Gasteiger partial charge on any atom is -0.464 e. The van der Waals surface area contributed by atoms with Crippen LogP contribution in [0.3, 0.4) is 0 Å². The van der Waals surface area contributed by atoms with Gasteiger partial charge in [0.2, 0.25) is 0 Å². The molecule has 0 spiro atoms. The molecule has 3 N–H and O–H groups in total. The summed E-state index contributed by atoms with van der Waals surface area (Å²) in [4.78, 5) is 14.0. The third-order valence-electron chi connectivity index (χ3n) is 2.47. The third-order valence-corrected chi connectivity index (χ3v) is 2.47. The fraction of sp³-hybridized carbons (Fsp3) is 0.0833. The Morgan fingerprint density at radius 2 is 2.06 bits per heavy atom. The molecule has 0 aliphatic carbocycles. The Morgan fingerprint density at radius 1 is 1.35 bits per heavy atom. The second kappa shape index (κ2) is 4.29. The summed E-state index contributed by atoms with van der Waals surface area (Å²) in [5.41, 5.74) is 6.89. The Balaban J connectivity index is 2.52. The maximum Gasteiger partial charge on any atom is 0.356 e. The fourth-order valence-corrected chi connectivity index (χ4v) is 1.61. The van der Waals surface area contributed by atoms with Gasteiger partial charge >= 0.3 is 5.97 Å². The summed E-state index contributed by atoms with van der Waals surface area (Å²) in [6.45, 7) is 0. The molecule has 0 radical (unpaired) electrons. The molecule has 0 atom stereocenters. The number of nitrogens with one attached hydrogen (secondary N) is 1. The summed E-state index contributed by atoms with van der Waals surface area (Å²) in [6, 6.07) is 6.21. The average molecular weight is 234 g/mol. The van der Waals surface area contributed by atoms with Gasteiger partial charge < -0.3 is 15.5 Å². The normalized spacial score (nSPS) is 10.2. The number of anilines is 1. The molecular weight excluding hydrogens is 223 g/mol. The average Bonchev–Trinajstić information content (AvgIpc) is 2.71. The first-order chi connectivity index (χ1) is 8.15. The Hall–Kier alpha value is -2.30. The molecule has 1 heterocycles. The van der Waals surface area contributed by atoms with Crippen molar-refractivity contribution in [3.8, 4) is 11.1 Å². The van der Waals surface area contributed by atoms with Gasteiger partial charge in [-0.05, 0) is 6.07 Å². The maximum atomic E-state index is 13.6. The van der Waals surface area contributed by atoms with Crippen molar-refractivity contribution in [1.29, 1.82) is 0 Å². The van der Waals surface area contributed by atoms with Gasteiger partial charge in [0, 0.05) is 17.3 Å². The molecule has 0 aliphatic heterocycles. The van der Waals surface area contributed by atoms with Crippen LogP contribution < -0.4 is 5.73 Å². The number of esters is 1. The van der Waals surface area contributed by atoms with E-state index in [1.165, 1.54) is 19.4 Å². The molecule has 2 aromatic rings. The molecule has 0 amide bonds. The van der Waals surface area contributed by atoms with Gasteiger partial charge in [-0.1, -0.05) is 18.2 Å². The second-order valence-electron chi connectivity index (χ2n) is 3.46. The number of nitrogen functional groups attached to an aromatic ring is 1. The molecule has 17 heavy (non-hydrogen) atoms. The standard InChI is InChI=1S/C12H11FN2O2/c1-17-12(16)11-10(14)8(6-15-11)7-4-2-3-5-9(7)13/h2-6,15H,14H2,1H3. The van der Waals surface area contributed by atoms with Crippen LogP contribution in [0.2, 0.25) is 0 Å². The van der Waals surface area contributed by atoms with E-state index in [9.17, 15) is 9.18 Å². The lowest BCUT2D eigenvalue weighted by atomic mass is 10.1. The van der Waals surface area contributed by atoms with Crippen LogP contribution >= 0.6 is 0 Å². The number of aromatic amines is 1. The minimum atomic E-state index is -0.579. The van der Waals surface area contributed by atoms with Crippen molar-refractivity contribution in [3.63, 3.8) is 0 Å². The van der Waals surface area contributed by atoms with Crippen molar-refractivity contribution in [2.75, 3.05) is 12.8 Å². The predicted octanol–water partition coefficient (Wildman–Crippen LogP) is 2.19. The number of aromatic nitrogens is 1. The van der Waals surface area contributed by atoms with E-state index in [0.29, 0.717) is 11.1 Å². The largest absolute Gasteiger partial charge is 0.464 e. The molecule has 0 saturated heterocycles. The highest BCUT2D eigenvalue weighted by atomic mass is 19.1. The molecule has 88 valence electrons. The lowest BCUT2D eigenvalue weighted by Crippen LogP contribution is -2.05. The van der Waals surface area contributed by atoms with E-state index in [0.717, 1.165) is 0 Å². The number of methoxy groups -OCH3 is 1. The van der Waals surface area contributed by atoms with Gasteiger partial charge in [-0.25, -0.2) is 9.18 Å². The molecular formula is C12H11FN2O2. The van der Waals surface area contributed by atoms with Crippen LogP contribution in [0.25, 0.3) is 11.1 Å². The molecule has 1 aromatic carbocycles. The Morgan fingerprint density at radius 3 is 2.71 bits per heavy atom. The summed E-state index contributed by atoms with van der Waals surface area (Å²) in [7, 11) is 1.26. The highest BCUT2D eigenvalue weighted by molar-refractivity contribution is 5.98. The van der Waals surface area contributed by atoms with Gasteiger partial charge in [-0.2, -0.15) is 0 Å². The topological polar surface area (TPSA) is 68.1 Å². The molecule has 2 rings (SSSR count). The van der Waals surface area contributed by atoms with Crippen LogP contribution in [0, 0.1) is 5.82 Å². The first kappa shape index (κ1) is 11.2. The van der Waals surface area contributed by atoms with Gasteiger partial charge in [-0.15, -0.1) is 0 Å². The molecule has 0 bridgehead atoms. The number of carbonyl (C=O) groups is 1. The summed E-state index contributed by atoms with van der Waals surface area (Å²) >= 11 is 0. The van der Waals surface area contributed by atoms with Crippen molar-refractivity contribution >= 4 is 11.7 Å². The molecule has 4 nitrogen and oxygen atoms in total. The van der Waals surface area contributed by atoms with E-state index in [1.807, 2.05) is 0 Å². The van der Waals surface area contributed by atoms with Gasteiger partial charge in [0.15, 0.2) is 0 Å². The van der Waals surface area contributed by atoms with Gasteiger partial charge in [0.25, 0.3) is 0 Å². The van der Waals surface area contributed by atoms with Crippen LogP contribution in [-0.2, 0) is 4.74 Å². The Bertz CT molecular complexity index is 563. The van der Waals surface area contributed by atoms with Crippen LogP contribution in [0.1, 0.15) is 10.5 Å². The Kier molecular flexibility index (Phi) is 2.82. The summed E-state index contributed by atoms with van der Waals surface area (Å²) in [5.74, 6) is -0.972. The lowest BCUT2D eigenvalue weighted by Gasteiger charge is -2.02. The van der Waals surface area contributed by atoms with E-state index < -0.39 is 11.8 Å². The highest BCUT2D eigenvalue weighted by Crippen LogP contribution is 2.30. The number of hydrogen-bond donors (Lipinski definition) is 2. The van der Waals surface area contributed by atoms with E-state index in [2.05, 4.69) is 9.72 Å². The number of ether oxygens (including phenoxy) is 1. The van der Waals surface area contributed by atoms with E-state index in [1.54, 1.807) is 18.2 Å². The first-order valence-electron chi connectivity index (χ1n) is 4.95. The molecule has 0 saturated carbocycles. The quantitative estimate of drug-likeness (QED) is 0.782. The second-order valence-corrected chi connectivity index (χ2v) is 3.46. The van der Waals surface area contributed by atoms with Crippen molar-refractivity contribution in [2.24, 2.45) is 0 Å². The number of nitrogens with two attached hydrogens (primary N) is 1. The molecule has 0 fully saturated rings. The van der Waals surface area contributed by atoms with Crippen molar-refractivity contribution in [1.82, 2.24) is 4.98 Å². The number of H-pyrrole nitrogens is 1. The van der Waals surface area contributed by atoms with E-state index >= 15 is 0 Å². The zero-order valence-corrected chi connectivity index (χ0v) is 9.16. The van der Waals surface area contributed by atoms with Gasteiger partial charge in [-0.3, -0.25) is 0 Å². The molecule has 1 aromatic heterocycles. The van der Waals surface area contributed by atoms with E-state index in [-0.39, 0.29) is 11.4 Å². The highest BCUT2D eigenvalue weighted by Gasteiger charge is 2.17. The molecule has 0 unspecified atom stereocenters. The summed E-state index contributed by atoms with van der Waals surface area (Å²) in [6.07, 6.45) is 1.49. The predicted molar refractivity (Wildman–Crippen MR) is 61.9 cm³/mol. The third kappa shape index (κ3) is 1.87. The van der Waals surface area contributed by atoms with Gasteiger partial charge in [0.1, 0.15) is 11.5 Å². The zero-order chi connectivity index (χ0) is 12.4. The van der Waals surface area contributed by atoms with Crippen LogP contribution in [0.5, 0.6) is 0 Å². The summed E-state index contributed by atoms with van der Waals surface area (Å²) in [5, 5.41) is 0. The first-order valence-corrected chi connectivity index (χ1v) is 4.95. The maximum absolute atomic E-state index is 13.6. The zero-order valence-electron chi connectivity index (χ0n) is 9.16. The number of rotatable bonds is 2. The van der Waals surface area contributed by atoms with Gasteiger partial charge in [0.05, 0.1) is 12.8 Å². The van der Waals surface area contributed by atoms with Crippen molar-refractivity contribution < 1.29 is 13.9 Å². The van der Waals surface area contributed by atoms with Crippen molar-refractivity contribution in [3.05, 3.63) is 42.0 Å². The smallest absolute Gasteiger partial charge is 0.356 e. The fourth-order valence-electron chi connectivity index (χ4n) is 1.61. The monoisotopic (exact) mass is 234 g/mol. The Labute approximate surface area is 97.2 Å². The lowest BCUT2D eigenvalue weighted by molar-refractivity contribution is 0.0596. The minimum absolute atomic E-state index is 0.130. The number of carbonyl (C=O) groups excluding carboxylic acids is 1. The van der Waals surface area contributed by atoms with Crippen LogP contribution in [0.4, 0.5) is 10.1 Å². The van der Waals surface area contributed by atoms with Crippen LogP contribution in [-0.4, -0.2) is 18.1 Å². The number of benzene rings is 1. The number of hydrogen-bond acceptors (Lipinski definition) is 3. The van der Waals surface area contributed by atoms with Crippen LogP contribution in [0.15, 0.2) is 30.5 Å². The number of halogens is 1. The SMILES string of the molecule is COC(=O)c1[nH]cc(-c2ccccc2F)c1N.